The minimum absolute atomic E-state index is 0.0138. The van der Waals surface area contributed by atoms with Crippen LogP contribution in [0.2, 0.25) is 0 Å². The van der Waals surface area contributed by atoms with E-state index in [4.69, 9.17) is 0 Å². The Kier molecular flexibility index (Phi) is 7.26. The standard InChI is InChI=1S/C20H33N3O2/c1-20(2,3)18(10-16-24)21-19(25)9-11-22-12-14-23(15-13-22)17-7-5-4-6-8-17/h4-8,18,24H,9-16H2,1-3H3,(H,21,25). The molecule has 1 fully saturated rings. The Balaban J connectivity index is 1.72. The van der Waals surface area contributed by atoms with Crippen LogP contribution in [0, 0.1) is 5.41 Å². The number of para-hydroxylation sites is 1. The number of benzene rings is 1. The number of carbonyl (C=O) groups is 1. The summed E-state index contributed by atoms with van der Waals surface area (Å²) in [5, 5.41) is 12.3. The Hall–Kier alpha value is -1.59. The molecule has 0 spiro atoms. The highest BCUT2D eigenvalue weighted by molar-refractivity contribution is 5.76. The van der Waals surface area contributed by atoms with Gasteiger partial charge in [0.2, 0.25) is 5.91 Å². The number of aliphatic hydroxyl groups excluding tert-OH is 1. The lowest BCUT2D eigenvalue weighted by Crippen LogP contribution is -2.48. The van der Waals surface area contributed by atoms with Gasteiger partial charge in [-0.25, -0.2) is 0 Å². The predicted molar refractivity (Wildman–Crippen MR) is 103 cm³/mol. The summed E-state index contributed by atoms with van der Waals surface area (Å²) in [5.41, 5.74) is 1.23. The van der Waals surface area contributed by atoms with Gasteiger partial charge in [-0.1, -0.05) is 39.0 Å². The Bertz CT molecular complexity index is 519. The van der Waals surface area contributed by atoms with Gasteiger partial charge in [-0.05, 0) is 24.0 Å². The van der Waals surface area contributed by atoms with Crippen LogP contribution in [0.25, 0.3) is 0 Å². The minimum Gasteiger partial charge on any atom is -0.396 e. The van der Waals surface area contributed by atoms with Crippen LogP contribution in [0.15, 0.2) is 30.3 Å². The van der Waals surface area contributed by atoms with E-state index in [1.54, 1.807) is 0 Å². The third-order valence-electron chi connectivity index (χ3n) is 4.95. The zero-order chi connectivity index (χ0) is 18.3. The number of anilines is 1. The van der Waals surface area contributed by atoms with Gasteiger partial charge in [-0.2, -0.15) is 0 Å². The molecule has 1 aliphatic heterocycles. The first-order valence-corrected chi connectivity index (χ1v) is 9.32. The number of hydrogen-bond donors (Lipinski definition) is 2. The van der Waals surface area contributed by atoms with Crippen molar-refractivity contribution in [1.29, 1.82) is 0 Å². The molecule has 1 aromatic carbocycles. The molecular formula is C20H33N3O2. The first kappa shape index (κ1) is 19.7. The van der Waals surface area contributed by atoms with Crippen LogP contribution < -0.4 is 10.2 Å². The second kappa shape index (κ2) is 9.20. The third-order valence-corrected chi connectivity index (χ3v) is 4.95. The van der Waals surface area contributed by atoms with Crippen molar-refractivity contribution in [3.8, 4) is 0 Å². The van der Waals surface area contributed by atoms with Crippen molar-refractivity contribution in [3.63, 3.8) is 0 Å². The summed E-state index contributed by atoms with van der Waals surface area (Å²) < 4.78 is 0. The molecule has 2 rings (SSSR count). The third kappa shape index (κ3) is 6.33. The summed E-state index contributed by atoms with van der Waals surface area (Å²) in [6, 6.07) is 10.5. The fraction of sp³-hybridized carbons (Fsp3) is 0.650. The molecule has 5 heteroatoms. The summed E-state index contributed by atoms with van der Waals surface area (Å²) in [6.45, 7) is 11.2. The summed E-state index contributed by atoms with van der Waals surface area (Å²) in [7, 11) is 0. The number of hydrogen-bond acceptors (Lipinski definition) is 4. The Morgan fingerprint density at radius 3 is 2.36 bits per heavy atom. The SMILES string of the molecule is CC(C)(C)C(CCO)NC(=O)CCN1CCN(c2ccccc2)CC1. The highest BCUT2D eigenvalue weighted by atomic mass is 16.3. The highest BCUT2D eigenvalue weighted by Crippen LogP contribution is 2.21. The molecule has 0 bridgehead atoms. The molecular weight excluding hydrogens is 314 g/mol. The van der Waals surface area contributed by atoms with E-state index in [1.807, 2.05) is 6.07 Å². The molecule has 1 saturated heterocycles. The monoisotopic (exact) mass is 347 g/mol. The van der Waals surface area contributed by atoms with E-state index in [0.29, 0.717) is 12.8 Å². The lowest BCUT2D eigenvalue weighted by molar-refractivity contribution is -0.123. The largest absolute Gasteiger partial charge is 0.396 e. The van der Waals surface area contributed by atoms with Crippen LogP contribution in [0.3, 0.4) is 0 Å². The normalized spacial score (nSPS) is 17.4. The van der Waals surface area contributed by atoms with Gasteiger partial charge in [0, 0.05) is 57.5 Å². The van der Waals surface area contributed by atoms with Crippen molar-refractivity contribution in [2.75, 3.05) is 44.2 Å². The van der Waals surface area contributed by atoms with Crippen LogP contribution in [0.1, 0.15) is 33.6 Å². The van der Waals surface area contributed by atoms with E-state index < -0.39 is 0 Å². The van der Waals surface area contributed by atoms with Crippen molar-refractivity contribution >= 4 is 11.6 Å². The highest BCUT2D eigenvalue weighted by Gasteiger charge is 2.26. The van der Waals surface area contributed by atoms with Gasteiger partial charge < -0.3 is 15.3 Å². The molecule has 1 aliphatic rings. The van der Waals surface area contributed by atoms with Gasteiger partial charge in [0.1, 0.15) is 0 Å². The number of amides is 1. The maximum absolute atomic E-state index is 12.3. The number of nitrogens with zero attached hydrogens (tertiary/aromatic N) is 2. The van der Waals surface area contributed by atoms with Crippen LogP contribution in [0.5, 0.6) is 0 Å². The predicted octanol–water partition coefficient (Wildman–Crippen LogP) is 2.11. The molecule has 0 saturated carbocycles. The maximum atomic E-state index is 12.3. The average Bonchev–Trinajstić information content (AvgIpc) is 2.60. The van der Waals surface area contributed by atoms with Gasteiger partial charge in [0.25, 0.3) is 0 Å². The van der Waals surface area contributed by atoms with Crippen LogP contribution in [0.4, 0.5) is 5.69 Å². The Morgan fingerprint density at radius 2 is 1.80 bits per heavy atom. The second-order valence-electron chi connectivity index (χ2n) is 7.91. The Labute approximate surface area is 152 Å². The number of aliphatic hydroxyl groups is 1. The van der Waals surface area contributed by atoms with Crippen molar-refractivity contribution in [3.05, 3.63) is 30.3 Å². The number of piperazine rings is 1. The molecule has 25 heavy (non-hydrogen) atoms. The van der Waals surface area contributed by atoms with E-state index >= 15 is 0 Å². The van der Waals surface area contributed by atoms with Crippen molar-refractivity contribution < 1.29 is 9.90 Å². The van der Waals surface area contributed by atoms with Gasteiger partial charge in [0.15, 0.2) is 0 Å². The van der Waals surface area contributed by atoms with E-state index in [1.165, 1.54) is 5.69 Å². The first-order valence-electron chi connectivity index (χ1n) is 9.32. The smallest absolute Gasteiger partial charge is 0.221 e. The minimum atomic E-state index is -0.0420. The first-order chi connectivity index (χ1) is 11.9. The molecule has 140 valence electrons. The second-order valence-corrected chi connectivity index (χ2v) is 7.91. The van der Waals surface area contributed by atoms with Gasteiger partial charge in [-0.3, -0.25) is 9.69 Å². The molecule has 0 aliphatic carbocycles. The molecule has 1 unspecified atom stereocenters. The van der Waals surface area contributed by atoms with Crippen LogP contribution >= 0.6 is 0 Å². The van der Waals surface area contributed by atoms with Crippen LogP contribution in [-0.2, 0) is 4.79 Å². The molecule has 0 aromatic heterocycles. The van der Waals surface area contributed by atoms with Gasteiger partial charge >= 0.3 is 0 Å². The number of nitrogens with one attached hydrogen (secondary N) is 1. The molecule has 1 aromatic rings. The molecule has 5 nitrogen and oxygen atoms in total. The fourth-order valence-electron chi connectivity index (χ4n) is 3.25. The lowest BCUT2D eigenvalue weighted by atomic mass is 9.85. The number of carbonyl (C=O) groups excluding carboxylic acids is 1. The zero-order valence-corrected chi connectivity index (χ0v) is 15.9. The topological polar surface area (TPSA) is 55.8 Å². The number of rotatable bonds is 7. The molecule has 1 atom stereocenters. The van der Waals surface area contributed by atoms with Crippen LogP contribution in [-0.4, -0.2) is 61.3 Å². The summed E-state index contributed by atoms with van der Waals surface area (Å²) in [5.74, 6) is 0.0823. The quantitative estimate of drug-likeness (QED) is 0.793. The van der Waals surface area contributed by atoms with Crippen molar-refractivity contribution in [2.45, 2.75) is 39.7 Å². The van der Waals surface area contributed by atoms with E-state index in [9.17, 15) is 9.90 Å². The zero-order valence-electron chi connectivity index (χ0n) is 15.9. The maximum Gasteiger partial charge on any atom is 0.221 e. The molecule has 0 radical (unpaired) electrons. The molecule has 1 heterocycles. The average molecular weight is 348 g/mol. The summed E-state index contributed by atoms with van der Waals surface area (Å²) in [4.78, 5) is 17.0. The fourth-order valence-corrected chi connectivity index (χ4v) is 3.25. The van der Waals surface area contributed by atoms with E-state index in [-0.39, 0.29) is 24.0 Å². The van der Waals surface area contributed by atoms with Crippen molar-refractivity contribution in [2.24, 2.45) is 5.41 Å². The molecule has 2 N–H and O–H groups in total. The van der Waals surface area contributed by atoms with Gasteiger partial charge in [-0.15, -0.1) is 0 Å². The Morgan fingerprint density at radius 1 is 1.16 bits per heavy atom. The van der Waals surface area contributed by atoms with E-state index in [0.717, 1.165) is 32.7 Å². The van der Waals surface area contributed by atoms with Crippen molar-refractivity contribution in [1.82, 2.24) is 10.2 Å². The summed E-state index contributed by atoms with van der Waals surface area (Å²) in [6.07, 6.45) is 1.12. The molecule has 1 amide bonds. The van der Waals surface area contributed by atoms with E-state index in [2.05, 4.69) is 60.2 Å². The lowest BCUT2D eigenvalue weighted by Gasteiger charge is -2.36. The van der Waals surface area contributed by atoms with Gasteiger partial charge in [0.05, 0.1) is 0 Å². The summed E-state index contributed by atoms with van der Waals surface area (Å²) >= 11 is 0.